The van der Waals surface area contributed by atoms with E-state index in [9.17, 15) is 10.2 Å². The molecule has 0 aromatic heterocycles. The topological polar surface area (TPSA) is 83.3 Å². The van der Waals surface area contributed by atoms with Gasteiger partial charge in [-0.3, -0.25) is 4.99 Å². The fourth-order valence-corrected chi connectivity index (χ4v) is 3.92. The summed E-state index contributed by atoms with van der Waals surface area (Å²) < 4.78 is 11.8. The third-order valence-corrected chi connectivity index (χ3v) is 5.34. The molecule has 6 atom stereocenters. The Balaban J connectivity index is 1.63. The van der Waals surface area contributed by atoms with Gasteiger partial charge in [-0.05, 0) is 12.5 Å². The van der Waals surface area contributed by atoms with Gasteiger partial charge >= 0.3 is 0 Å². The molecule has 0 bridgehead atoms. The van der Waals surface area contributed by atoms with Crippen molar-refractivity contribution in [2.75, 3.05) is 7.05 Å². The van der Waals surface area contributed by atoms with Crippen LogP contribution in [0.4, 0.5) is 0 Å². The van der Waals surface area contributed by atoms with Gasteiger partial charge < -0.3 is 25.0 Å². The van der Waals surface area contributed by atoms with Crippen LogP contribution in [0.15, 0.2) is 35.3 Å². The fraction of sp³-hybridized carbons (Fsp3) is 0.562. The van der Waals surface area contributed by atoms with E-state index in [1.807, 2.05) is 37.3 Å². The molecule has 1 aromatic rings. The molecule has 2 fully saturated rings. The van der Waals surface area contributed by atoms with E-state index in [0.29, 0.717) is 11.8 Å². The zero-order chi connectivity index (χ0) is 16.4. The lowest BCUT2D eigenvalue weighted by atomic mass is 9.95. The number of rotatable bonds is 4. The monoisotopic (exact) mass is 338 g/mol. The second-order valence-electron chi connectivity index (χ2n) is 5.77. The Morgan fingerprint density at radius 3 is 2.74 bits per heavy atom. The first-order chi connectivity index (χ1) is 11.1. The number of hydrogen-bond donors (Lipinski definition) is 3. The number of fused-ring (bicyclic) bond motifs is 1. The lowest BCUT2D eigenvalue weighted by Crippen LogP contribution is -2.61. The smallest absolute Gasteiger partial charge is 0.159 e. The molecule has 6 nitrogen and oxygen atoms in total. The lowest BCUT2D eigenvalue weighted by Gasteiger charge is -2.41. The maximum atomic E-state index is 10.4. The van der Waals surface area contributed by atoms with E-state index in [1.165, 1.54) is 11.8 Å². The van der Waals surface area contributed by atoms with Crippen LogP contribution >= 0.6 is 11.8 Å². The zero-order valence-electron chi connectivity index (χ0n) is 13.1. The van der Waals surface area contributed by atoms with E-state index in [2.05, 4.69) is 10.3 Å². The highest BCUT2D eigenvalue weighted by molar-refractivity contribution is 8.14. The predicted molar refractivity (Wildman–Crippen MR) is 89.2 cm³/mol. The average molecular weight is 338 g/mol. The zero-order valence-corrected chi connectivity index (χ0v) is 13.9. The first kappa shape index (κ1) is 16.7. The Bertz CT molecular complexity index is 556. The molecule has 3 N–H and O–H groups in total. The van der Waals surface area contributed by atoms with Gasteiger partial charge in [-0.15, -0.1) is 0 Å². The van der Waals surface area contributed by atoms with E-state index >= 15 is 0 Å². The number of nitrogens with one attached hydrogen (secondary N) is 1. The molecule has 0 amide bonds. The van der Waals surface area contributed by atoms with Crippen LogP contribution in [0.3, 0.4) is 0 Å². The van der Waals surface area contributed by atoms with Crippen molar-refractivity contribution in [1.29, 1.82) is 0 Å². The van der Waals surface area contributed by atoms with E-state index in [4.69, 9.17) is 9.47 Å². The van der Waals surface area contributed by atoms with E-state index in [1.54, 1.807) is 7.05 Å². The second kappa shape index (κ2) is 7.19. The molecule has 0 radical (unpaired) electrons. The first-order valence-electron chi connectivity index (χ1n) is 7.67. The third-order valence-electron chi connectivity index (χ3n) is 4.18. The van der Waals surface area contributed by atoms with Crippen LogP contribution in [0.2, 0.25) is 0 Å². The maximum Gasteiger partial charge on any atom is 0.159 e. The van der Waals surface area contributed by atoms with Crippen LogP contribution in [0, 0.1) is 0 Å². The summed E-state index contributed by atoms with van der Waals surface area (Å²) >= 11 is 1.43. The van der Waals surface area contributed by atoms with Crippen molar-refractivity contribution in [3.8, 4) is 0 Å². The van der Waals surface area contributed by atoms with Crippen molar-refractivity contribution in [3.63, 3.8) is 0 Å². The molecule has 2 aliphatic heterocycles. The summed E-state index contributed by atoms with van der Waals surface area (Å²) in [4.78, 5) is 4.08. The molecule has 2 saturated heterocycles. The Morgan fingerprint density at radius 2 is 2.04 bits per heavy atom. The number of ether oxygens (including phenoxy) is 2. The van der Waals surface area contributed by atoms with Crippen LogP contribution in [-0.2, 0) is 16.1 Å². The summed E-state index contributed by atoms with van der Waals surface area (Å²) in [6.45, 7) is 2.29. The van der Waals surface area contributed by atoms with Crippen molar-refractivity contribution in [2.45, 2.75) is 49.4 Å². The molecule has 23 heavy (non-hydrogen) atoms. The van der Waals surface area contributed by atoms with Crippen LogP contribution in [0.1, 0.15) is 12.5 Å². The summed E-state index contributed by atoms with van der Waals surface area (Å²) in [6, 6.07) is 9.47. The predicted octanol–water partition coefficient (Wildman–Crippen LogP) is 0.729. The summed E-state index contributed by atoms with van der Waals surface area (Å²) in [7, 11) is 1.68. The molecule has 0 spiro atoms. The average Bonchev–Trinajstić information content (AvgIpc) is 3.00. The minimum atomic E-state index is -1.01. The summed E-state index contributed by atoms with van der Waals surface area (Å²) in [5.74, 6) is 0. The van der Waals surface area contributed by atoms with Gasteiger partial charge in [0.25, 0.3) is 0 Å². The maximum absolute atomic E-state index is 10.4. The highest BCUT2D eigenvalue weighted by atomic mass is 32.2. The highest BCUT2D eigenvalue weighted by Gasteiger charge is 2.50. The molecule has 126 valence electrons. The second-order valence-corrected chi connectivity index (χ2v) is 6.86. The molecule has 2 aliphatic rings. The Labute approximate surface area is 139 Å². The third kappa shape index (κ3) is 3.54. The molecular formula is C16H22N2O4S. The van der Waals surface area contributed by atoms with E-state index in [-0.39, 0.29) is 17.6 Å². The highest BCUT2D eigenvalue weighted by Crippen LogP contribution is 2.35. The Morgan fingerprint density at radius 1 is 1.30 bits per heavy atom. The number of aliphatic hydroxyl groups is 2. The molecule has 3 rings (SSSR count). The summed E-state index contributed by atoms with van der Waals surface area (Å²) in [5.41, 5.74) is 0.778. The van der Waals surface area contributed by atoms with Crippen molar-refractivity contribution >= 4 is 16.9 Å². The summed E-state index contributed by atoms with van der Waals surface area (Å²) in [6.07, 6.45) is -2.86. The van der Waals surface area contributed by atoms with Gasteiger partial charge in [0.2, 0.25) is 0 Å². The van der Waals surface area contributed by atoms with Gasteiger partial charge in [0, 0.05) is 7.05 Å². The molecule has 0 unspecified atom stereocenters. The molecule has 1 aromatic carbocycles. The lowest BCUT2D eigenvalue weighted by molar-refractivity contribution is -0.195. The van der Waals surface area contributed by atoms with Crippen molar-refractivity contribution < 1.29 is 19.7 Å². The van der Waals surface area contributed by atoms with Crippen molar-refractivity contribution in [2.24, 2.45) is 4.99 Å². The van der Waals surface area contributed by atoms with E-state index in [0.717, 1.165) is 5.56 Å². The van der Waals surface area contributed by atoms with Crippen LogP contribution < -0.4 is 5.32 Å². The minimum absolute atomic E-state index is 0.278. The number of aliphatic imine (C=N–C) groups is 1. The number of amidine groups is 1. The largest absolute Gasteiger partial charge is 0.388 e. The van der Waals surface area contributed by atoms with Gasteiger partial charge in [-0.1, -0.05) is 42.1 Å². The first-order valence-corrected chi connectivity index (χ1v) is 8.55. The molecule has 0 saturated carbocycles. The molecular weight excluding hydrogens is 316 g/mol. The van der Waals surface area contributed by atoms with Gasteiger partial charge in [0.1, 0.15) is 23.7 Å². The number of benzene rings is 1. The number of thioether (sulfide) groups is 1. The summed E-state index contributed by atoms with van der Waals surface area (Å²) in [5, 5.41) is 24.5. The number of nitrogens with zero attached hydrogens (tertiary/aromatic N) is 1. The van der Waals surface area contributed by atoms with Crippen LogP contribution in [0.25, 0.3) is 0 Å². The van der Waals surface area contributed by atoms with Crippen LogP contribution in [0.5, 0.6) is 0 Å². The SMILES string of the molecule is CN=C1N[C@@H]2[C@@H](O)[C@H](O)[C@@H]([C@H](C)OCc3ccccc3)O[C@@H]2S1. The van der Waals surface area contributed by atoms with Crippen molar-refractivity contribution in [1.82, 2.24) is 5.32 Å². The van der Waals surface area contributed by atoms with Crippen molar-refractivity contribution in [3.05, 3.63) is 35.9 Å². The quantitative estimate of drug-likeness (QED) is 0.751. The number of hydrogen-bond acceptors (Lipinski definition) is 6. The normalized spacial score (nSPS) is 36.5. The minimum Gasteiger partial charge on any atom is -0.388 e. The van der Waals surface area contributed by atoms with Gasteiger partial charge in [0.05, 0.1) is 18.8 Å². The molecule has 0 aliphatic carbocycles. The number of aliphatic hydroxyl groups excluding tert-OH is 2. The fourth-order valence-electron chi connectivity index (χ4n) is 2.83. The Kier molecular flexibility index (Phi) is 5.23. The van der Waals surface area contributed by atoms with Gasteiger partial charge in [-0.25, -0.2) is 0 Å². The van der Waals surface area contributed by atoms with Gasteiger partial charge in [0.15, 0.2) is 5.17 Å². The van der Waals surface area contributed by atoms with E-state index < -0.39 is 18.3 Å². The molecule has 7 heteroatoms. The standard InChI is InChI=1S/C16H22N2O4S/c1-9(21-8-10-6-4-3-5-7-10)14-13(20)12(19)11-15(22-14)23-16(17-2)18-11/h3-7,9,11-15,19-20H,8H2,1-2H3,(H,17,18)/t9-,11+,12+,13-,14+,15+/m0/s1. The molecule has 2 heterocycles. The Hall–Kier alpha value is -1.12. The van der Waals surface area contributed by atoms with Gasteiger partial charge in [-0.2, -0.15) is 0 Å². The van der Waals surface area contributed by atoms with Crippen LogP contribution in [-0.4, -0.2) is 58.3 Å².